The molecule has 0 atom stereocenters. The fraction of sp³-hybridized carbons (Fsp3) is 0.429. The van der Waals surface area contributed by atoms with Crippen molar-refractivity contribution in [1.82, 2.24) is 14.8 Å². The SMILES string of the molecule is COC(=O)c1c(CN2CCC(N3CCOCC3)CC2)c(-c2cccc(C(F)(F)F)c2)nc2ccccc12. The van der Waals surface area contributed by atoms with Crippen molar-refractivity contribution in [2.75, 3.05) is 46.5 Å². The molecule has 2 saturated heterocycles. The van der Waals surface area contributed by atoms with Crippen LogP contribution in [0.25, 0.3) is 22.2 Å². The fourth-order valence-corrected chi connectivity index (χ4v) is 5.43. The van der Waals surface area contributed by atoms with Crippen molar-refractivity contribution >= 4 is 16.9 Å². The number of carbonyl (C=O) groups is 1. The Morgan fingerprint density at radius 3 is 2.49 bits per heavy atom. The molecule has 9 heteroatoms. The van der Waals surface area contributed by atoms with Gasteiger partial charge in [-0.2, -0.15) is 13.2 Å². The molecular formula is C28H30F3N3O3. The van der Waals surface area contributed by atoms with Crippen LogP contribution in [-0.2, 0) is 22.2 Å². The van der Waals surface area contributed by atoms with Gasteiger partial charge in [-0.3, -0.25) is 9.80 Å². The van der Waals surface area contributed by atoms with Gasteiger partial charge in [-0.25, -0.2) is 9.78 Å². The molecular weight excluding hydrogens is 483 g/mol. The number of carbonyl (C=O) groups excluding carboxylic acids is 1. The molecule has 2 aliphatic rings. The van der Waals surface area contributed by atoms with E-state index < -0.39 is 17.7 Å². The van der Waals surface area contributed by atoms with E-state index in [9.17, 15) is 18.0 Å². The maximum atomic E-state index is 13.5. The molecule has 5 rings (SSSR count). The van der Waals surface area contributed by atoms with Gasteiger partial charge < -0.3 is 9.47 Å². The lowest BCUT2D eigenvalue weighted by atomic mass is 9.94. The van der Waals surface area contributed by atoms with Crippen LogP contribution < -0.4 is 0 Å². The van der Waals surface area contributed by atoms with E-state index in [-0.39, 0.29) is 0 Å². The van der Waals surface area contributed by atoms with Crippen LogP contribution >= 0.6 is 0 Å². The third kappa shape index (κ3) is 5.49. The molecule has 0 N–H and O–H groups in total. The van der Waals surface area contributed by atoms with Gasteiger partial charge in [-0.05, 0) is 44.1 Å². The zero-order chi connectivity index (χ0) is 26.0. The first-order valence-electron chi connectivity index (χ1n) is 12.6. The predicted molar refractivity (Wildman–Crippen MR) is 134 cm³/mol. The normalized spacial score (nSPS) is 18.3. The van der Waals surface area contributed by atoms with Crippen LogP contribution in [0.3, 0.4) is 0 Å². The Hall–Kier alpha value is -3.01. The predicted octanol–water partition coefficient (Wildman–Crippen LogP) is 5.00. The number of alkyl halides is 3. The molecule has 196 valence electrons. The van der Waals surface area contributed by atoms with Gasteiger partial charge in [0.15, 0.2) is 0 Å². The molecule has 0 amide bonds. The number of nitrogens with zero attached hydrogens (tertiary/aromatic N) is 3. The molecule has 2 aromatic carbocycles. The summed E-state index contributed by atoms with van der Waals surface area (Å²) < 4.78 is 51.3. The van der Waals surface area contributed by atoms with Crippen molar-refractivity contribution in [1.29, 1.82) is 0 Å². The van der Waals surface area contributed by atoms with Crippen molar-refractivity contribution in [2.45, 2.75) is 31.6 Å². The Bertz CT molecular complexity index is 1270. The van der Waals surface area contributed by atoms with Gasteiger partial charge in [-0.15, -0.1) is 0 Å². The Morgan fingerprint density at radius 1 is 1.05 bits per heavy atom. The second kappa shape index (κ2) is 10.8. The molecule has 2 fully saturated rings. The van der Waals surface area contributed by atoms with Crippen LogP contribution in [0.15, 0.2) is 48.5 Å². The zero-order valence-electron chi connectivity index (χ0n) is 20.8. The maximum Gasteiger partial charge on any atom is 0.416 e. The molecule has 0 saturated carbocycles. The molecule has 3 aromatic rings. The van der Waals surface area contributed by atoms with E-state index in [1.165, 1.54) is 13.2 Å². The molecule has 0 bridgehead atoms. The maximum absolute atomic E-state index is 13.5. The fourth-order valence-electron chi connectivity index (χ4n) is 5.43. The van der Waals surface area contributed by atoms with E-state index in [0.29, 0.717) is 45.9 Å². The van der Waals surface area contributed by atoms with Gasteiger partial charge in [0.2, 0.25) is 0 Å². The largest absolute Gasteiger partial charge is 0.465 e. The number of benzene rings is 2. The number of piperidine rings is 1. The summed E-state index contributed by atoms with van der Waals surface area (Å²) in [5, 5.41) is 0.628. The molecule has 0 radical (unpaired) electrons. The minimum absolute atomic E-state index is 0.323. The Morgan fingerprint density at radius 2 is 1.78 bits per heavy atom. The van der Waals surface area contributed by atoms with E-state index in [0.717, 1.165) is 64.4 Å². The highest BCUT2D eigenvalue weighted by atomic mass is 19.4. The Kier molecular flexibility index (Phi) is 7.46. The number of aromatic nitrogens is 1. The average Bonchev–Trinajstić information content (AvgIpc) is 2.93. The standard InChI is InChI=1S/C28H30F3N3O3/c1-36-27(35)25-22-7-2-3-8-24(22)32-26(19-5-4-6-20(17-19)28(29,30)31)23(25)18-33-11-9-21(10-12-33)34-13-15-37-16-14-34/h2-8,17,21H,9-16,18H2,1H3. The number of halogens is 3. The van der Waals surface area contributed by atoms with Gasteiger partial charge in [0.05, 0.1) is 42.7 Å². The van der Waals surface area contributed by atoms with Crippen LogP contribution in [0.2, 0.25) is 0 Å². The first-order valence-corrected chi connectivity index (χ1v) is 12.6. The second-order valence-electron chi connectivity index (χ2n) is 9.56. The summed E-state index contributed by atoms with van der Waals surface area (Å²) in [6.07, 6.45) is -2.53. The zero-order valence-corrected chi connectivity index (χ0v) is 20.8. The lowest BCUT2D eigenvalue weighted by Gasteiger charge is -2.40. The number of rotatable bonds is 5. The number of fused-ring (bicyclic) bond motifs is 1. The minimum Gasteiger partial charge on any atom is -0.465 e. The summed E-state index contributed by atoms with van der Waals surface area (Å²) in [7, 11) is 1.32. The number of methoxy groups -OCH3 is 1. The summed E-state index contributed by atoms with van der Waals surface area (Å²) >= 11 is 0. The Balaban J connectivity index is 1.54. The summed E-state index contributed by atoms with van der Waals surface area (Å²) in [5.41, 5.74) is 1.43. The Labute approximate surface area is 214 Å². The van der Waals surface area contributed by atoms with E-state index >= 15 is 0 Å². The van der Waals surface area contributed by atoms with Crippen LogP contribution in [-0.4, -0.2) is 73.3 Å². The van der Waals surface area contributed by atoms with Gasteiger partial charge in [-0.1, -0.05) is 30.3 Å². The van der Waals surface area contributed by atoms with Crippen molar-refractivity contribution in [3.8, 4) is 11.3 Å². The van der Waals surface area contributed by atoms with Crippen molar-refractivity contribution in [3.05, 3.63) is 65.2 Å². The van der Waals surface area contributed by atoms with E-state index in [1.54, 1.807) is 24.3 Å². The number of pyridine rings is 1. The van der Waals surface area contributed by atoms with Crippen molar-refractivity contribution in [3.63, 3.8) is 0 Å². The molecule has 1 aromatic heterocycles. The van der Waals surface area contributed by atoms with E-state index in [1.807, 2.05) is 6.07 Å². The molecule has 0 aliphatic carbocycles. The van der Waals surface area contributed by atoms with Crippen LogP contribution in [0.4, 0.5) is 13.2 Å². The first-order chi connectivity index (χ1) is 17.8. The molecule has 37 heavy (non-hydrogen) atoms. The monoisotopic (exact) mass is 513 g/mol. The molecule has 0 spiro atoms. The number of likely N-dealkylation sites (tertiary alicyclic amines) is 1. The smallest absolute Gasteiger partial charge is 0.416 e. The highest BCUT2D eigenvalue weighted by molar-refractivity contribution is 6.06. The topological polar surface area (TPSA) is 54.9 Å². The van der Waals surface area contributed by atoms with Crippen LogP contribution in [0.5, 0.6) is 0 Å². The van der Waals surface area contributed by atoms with Gasteiger partial charge in [0, 0.05) is 42.2 Å². The van der Waals surface area contributed by atoms with Gasteiger partial charge in [0.25, 0.3) is 0 Å². The molecule has 0 unspecified atom stereocenters. The second-order valence-corrected chi connectivity index (χ2v) is 9.56. The highest BCUT2D eigenvalue weighted by Gasteiger charge is 2.32. The third-order valence-electron chi connectivity index (χ3n) is 7.35. The summed E-state index contributed by atoms with van der Waals surface area (Å²) in [6, 6.07) is 12.8. The lowest BCUT2D eigenvalue weighted by molar-refractivity contribution is -0.137. The summed E-state index contributed by atoms with van der Waals surface area (Å²) in [4.78, 5) is 22.6. The third-order valence-corrected chi connectivity index (χ3v) is 7.35. The summed E-state index contributed by atoms with van der Waals surface area (Å²) in [6.45, 7) is 5.41. The highest BCUT2D eigenvalue weighted by Crippen LogP contribution is 2.36. The number of morpholine rings is 1. The molecule has 2 aliphatic heterocycles. The molecule has 3 heterocycles. The van der Waals surface area contributed by atoms with E-state index in [2.05, 4.69) is 9.80 Å². The van der Waals surface area contributed by atoms with Crippen LogP contribution in [0, 0.1) is 0 Å². The lowest BCUT2D eigenvalue weighted by Crippen LogP contribution is -2.48. The number of hydrogen-bond donors (Lipinski definition) is 0. The van der Waals surface area contributed by atoms with Crippen molar-refractivity contribution < 1.29 is 27.4 Å². The number of ether oxygens (including phenoxy) is 2. The minimum atomic E-state index is -4.49. The van der Waals surface area contributed by atoms with Crippen LogP contribution in [0.1, 0.15) is 34.3 Å². The van der Waals surface area contributed by atoms with E-state index in [4.69, 9.17) is 14.5 Å². The van der Waals surface area contributed by atoms with Crippen molar-refractivity contribution in [2.24, 2.45) is 0 Å². The summed E-state index contributed by atoms with van der Waals surface area (Å²) in [5.74, 6) is -0.523. The van der Waals surface area contributed by atoms with Gasteiger partial charge >= 0.3 is 12.1 Å². The number of para-hydroxylation sites is 1. The first kappa shape index (κ1) is 25.6. The number of esters is 1. The van der Waals surface area contributed by atoms with Gasteiger partial charge in [0.1, 0.15) is 0 Å². The quantitative estimate of drug-likeness (QED) is 0.448. The number of hydrogen-bond acceptors (Lipinski definition) is 6. The average molecular weight is 514 g/mol. The molecule has 6 nitrogen and oxygen atoms in total.